The Morgan fingerprint density at radius 2 is 1.91 bits per heavy atom. The van der Waals surface area contributed by atoms with E-state index in [4.69, 9.17) is 11.6 Å². The van der Waals surface area contributed by atoms with Crippen LogP contribution in [0, 0.1) is 0 Å². The van der Waals surface area contributed by atoms with E-state index in [1.165, 1.54) is 24.2 Å². The minimum atomic E-state index is -0.555. The number of tetrazole rings is 1. The molecule has 2 aromatic carbocycles. The van der Waals surface area contributed by atoms with Gasteiger partial charge in [-0.15, -0.1) is 5.10 Å². The van der Waals surface area contributed by atoms with Gasteiger partial charge in [-0.2, -0.15) is 20.0 Å². The second-order valence-electron chi connectivity index (χ2n) is 9.28. The smallest absolute Gasteiger partial charge is 0.411 e. The predicted octanol–water partition coefficient (Wildman–Crippen LogP) is 4.28. The van der Waals surface area contributed by atoms with Crippen molar-refractivity contribution in [2.24, 2.45) is 0 Å². The summed E-state index contributed by atoms with van der Waals surface area (Å²) in [5, 5.41) is 30.6. The molecule has 0 aliphatic heterocycles. The molecule has 2 amide bonds. The molecule has 0 aliphatic rings. The summed E-state index contributed by atoms with van der Waals surface area (Å²) in [6.07, 6.45) is 7.88. The summed E-state index contributed by atoms with van der Waals surface area (Å²) in [5.74, 6) is -0.354. The molecule has 0 fully saturated rings. The zero-order chi connectivity index (χ0) is 30.2. The van der Waals surface area contributed by atoms with Crippen molar-refractivity contribution in [1.82, 2.24) is 45.5 Å². The third-order valence-electron chi connectivity index (χ3n) is 6.43. The second kappa shape index (κ2) is 13.5. The summed E-state index contributed by atoms with van der Waals surface area (Å²) in [6.45, 7) is 2.72. The number of hydrogen-bond acceptors (Lipinski definition) is 9. The van der Waals surface area contributed by atoms with Gasteiger partial charge in [0.05, 0.1) is 36.4 Å². The number of aryl methyl sites for hydroxylation is 1. The number of anilines is 1. The van der Waals surface area contributed by atoms with Gasteiger partial charge in [0.1, 0.15) is 6.33 Å². The molecule has 43 heavy (non-hydrogen) atoms. The molecule has 218 valence electrons. The maximum Gasteiger partial charge on any atom is 0.411 e. The number of nitrogens with zero attached hydrogens (tertiary/aromatic N) is 8. The Morgan fingerprint density at radius 1 is 1.07 bits per heavy atom. The maximum atomic E-state index is 13.2. The van der Waals surface area contributed by atoms with Crippen LogP contribution in [0.25, 0.3) is 22.9 Å². The monoisotopic (exact) mass is 598 g/mol. The highest BCUT2D eigenvalue weighted by Crippen LogP contribution is 2.25. The van der Waals surface area contributed by atoms with E-state index in [-0.39, 0.29) is 5.91 Å². The van der Waals surface area contributed by atoms with Crippen LogP contribution < -0.4 is 10.6 Å². The first-order valence-electron chi connectivity index (χ1n) is 13.2. The first kappa shape index (κ1) is 29.1. The number of rotatable bonds is 10. The van der Waals surface area contributed by atoms with Crippen molar-refractivity contribution in [3.05, 3.63) is 101 Å². The average Bonchev–Trinajstić information content (AvgIpc) is 3.73. The lowest BCUT2D eigenvalue weighted by molar-refractivity contribution is -0.117. The van der Waals surface area contributed by atoms with Gasteiger partial charge in [0, 0.05) is 47.1 Å². The molecule has 0 unspecified atom stereocenters. The van der Waals surface area contributed by atoms with Crippen molar-refractivity contribution >= 4 is 35.4 Å². The standard InChI is InChI=1S/C29H27ClN10O3/c1-3-39-13-12-24(36-39)16-25(26-15-21(17-31-35-26)19-4-8-23(9-5-19)33-29(42)43-2)34-28(41)11-6-20-14-22(30)7-10-27(20)40-18-32-37-38-40/h4-15,17-18,25H,3,16H2,1-2H3,(H,33,42)(H,34,41)/t25-/m0/s1. The first-order chi connectivity index (χ1) is 20.9. The van der Waals surface area contributed by atoms with Crippen molar-refractivity contribution in [3.63, 3.8) is 0 Å². The number of amides is 2. The highest BCUT2D eigenvalue weighted by Gasteiger charge is 2.19. The zero-order valence-electron chi connectivity index (χ0n) is 23.3. The molecule has 0 spiro atoms. The number of carbonyl (C=O) groups is 2. The van der Waals surface area contributed by atoms with Gasteiger partial charge in [-0.3, -0.25) is 14.8 Å². The van der Waals surface area contributed by atoms with Crippen LogP contribution in [0.5, 0.6) is 0 Å². The number of aromatic nitrogens is 8. The van der Waals surface area contributed by atoms with Gasteiger partial charge in [0.15, 0.2) is 0 Å². The molecule has 0 saturated carbocycles. The van der Waals surface area contributed by atoms with Crippen LogP contribution in [0.2, 0.25) is 5.02 Å². The molecule has 3 aromatic heterocycles. The van der Waals surface area contributed by atoms with Gasteiger partial charge in [0.2, 0.25) is 5.91 Å². The average molecular weight is 599 g/mol. The fourth-order valence-electron chi connectivity index (χ4n) is 4.28. The minimum Gasteiger partial charge on any atom is -0.453 e. The molecule has 13 nitrogen and oxygen atoms in total. The molecule has 1 atom stereocenters. The van der Waals surface area contributed by atoms with Gasteiger partial charge < -0.3 is 10.1 Å². The summed E-state index contributed by atoms with van der Waals surface area (Å²) in [7, 11) is 1.30. The van der Waals surface area contributed by atoms with Crippen LogP contribution in [0.1, 0.15) is 29.9 Å². The van der Waals surface area contributed by atoms with Crippen LogP contribution >= 0.6 is 11.6 Å². The lowest BCUT2D eigenvalue weighted by Gasteiger charge is -2.17. The van der Waals surface area contributed by atoms with Crippen molar-refractivity contribution in [3.8, 4) is 16.8 Å². The van der Waals surface area contributed by atoms with Crippen LogP contribution in [-0.2, 0) is 22.5 Å². The predicted molar refractivity (Wildman–Crippen MR) is 159 cm³/mol. The number of carbonyl (C=O) groups excluding carboxylic acids is 2. The maximum absolute atomic E-state index is 13.2. The van der Waals surface area contributed by atoms with Crippen molar-refractivity contribution in [2.75, 3.05) is 12.4 Å². The Hall–Kier alpha value is -5.43. The zero-order valence-corrected chi connectivity index (χ0v) is 24.0. The number of benzene rings is 2. The summed E-state index contributed by atoms with van der Waals surface area (Å²) < 4.78 is 7.95. The third kappa shape index (κ3) is 7.45. The highest BCUT2D eigenvalue weighted by atomic mass is 35.5. The molecular weight excluding hydrogens is 572 g/mol. The topological polar surface area (TPSA) is 155 Å². The van der Waals surface area contributed by atoms with Gasteiger partial charge >= 0.3 is 6.09 Å². The number of halogens is 1. The number of ether oxygens (including phenoxy) is 1. The Balaban J connectivity index is 1.40. The Morgan fingerprint density at radius 3 is 2.63 bits per heavy atom. The molecule has 5 rings (SSSR count). The molecule has 0 aliphatic carbocycles. The van der Waals surface area contributed by atoms with Crippen LogP contribution in [0.15, 0.2) is 79.4 Å². The van der Waals surface area contributed by atoms with E-state index in [0.29, 0.717) is 34.1 Å². The van der Waals surface area contributed by atoms with Crippen LogP contribution in [0.4, 0.5) is 10.5 Å². The third-order valence-corrected chi connectivity index (χ3v) is 6.66. The van der Waals surface area contributed by atoms with Gasteiger partial charge in [-0.25, -0.2) is 4.79 Å². The van der Waals surface area contributed by atoms with E-state index in [2.05, 4.69) is 46.2 Å². The van der Waals surface area contributed by atoms with E-state index in [1.807, 2.05) is 42.1 Å². The summed E-state index contributed by atoms with van der Waals surface area (Å²) in [4.78, 5) is 24.8. The fourth-order valence-corrected chi connectivity index (χ4v) is 4.46. The SMILES string of the molecule is CCn1ccc(C[C@H](NC(=O)C=Cc2cc(Cl)ccc2-n2cnnn2)c2cc(-c3ccc(NC(=O)OC)cc3)cnn2)n1. The molecule has 0 saturated heterocycles. The molecule has 2 N–H and O–H groups in total. The van der Waals surface area contributed by atoms with Gasteiger partial charge in [-0.1, -0.05) is 23.7 Å². The van der Waals surface area contributed by atoms with Crippen LogP contribution in [0.3, 0.4) is 0 Å². The molecule has 0 radical (unpaired) electrons. The highest BCUT2D eigenvalue weighted by molar-refractivity contribution is 6.30. The normalized spacial score (nSPS) is 11.8. The van der Waals surface area contributed by atoms with E-state index in [1.54, 1.807) is 42.6 Å². The summed E-state index contributed by atoms with van der Waals surface area (Å²) in [6, 6.07) is 15.7. The number of hydrogen-bond donors (Lipinski definition) is 2. The van der Waals surface area contributed by atoms with Gasteiger partial charge in [0.25, 0.3) is 0 Å². The van der Waals surface area contributed by atoms with Gasteiger partial charge in [-0.05, 0) is 71.5 Å². The van der Waals surface area contributed by atoms with Crippen LogP contribution in [-0.4, -0.2) is 59.3 Å². The minimum absolute atomic E-state index is 0.354. The van der Waals surface area contributed by atoms with E-state index in [9.17, 15) is 9.59 Å². The Labute approximate surface area is 251 Å². The van der Waals surface area contributed by atoms with Crippen molar-refractivity contribution in [2.45, 2.75) is 25.9 Å². The summed E-state index contributed by atoms with van der Waals surface area (Å²) >= 11 is 6.22. The Bertz CT molecular complexity index is 1740. The lowest BCUT2D eigenvalue weighted by atomic mass is 10.0. The molecule has 14 heteroatoms. The van der Waals surface area contributed by atoms with E-state index in [0.717, 1.165) is 23.4 Å². The first-order valence-corrected chi connectivity index (χ1v) is 13.6. The number of nitrogens with one attached hydrogen (secondary N) is 2. The molecular formula is C29H27ClN10O3. The molecule has 3 heterocycles. The van der Waals surface area contributed by atoms with Crippen molar-refractivity contribution in [1.29, 1.82) is 0 Å². The Kier molecular flexibility index (Phi) is 9.12. The lowest BCUT2D eigenvalue weighted by Crippen LogP contribution is -2.29. The van der Waals surface area contributed by atoms with E-state index >= 15 is 0 Å². The quantitative estimate of drug-likeness (QED) is 0.224. The second-order valence-corrected chi connectivity index (χ2v) is 9.72. The largest absolute Gasteiger partial charge is 0.453 e. The fraction of sp³-hybridized carbons (Fsp3) is 0.172. The van der Waals surface area contributed by atoms with E-state index < -0.39 is 12.1 Å². The molecule has 5 aromatic rings. The number of methoxy groups -OCH3 is 1. The van der Waals surface area contributed by atoms with Crippen molar-refractivity contribution < 1.29 is 14.3 Å². The summed E-state index contributed by atoms with van der Waals surface area (Å²) in [5.41, 5.74) is 4.88. The molecule has 0 bridgehead atoms.